The predicted molar refractivity (Wildman–Crippen MR) is 456 cm³/mol. The van der Waals surface area contributed by atoms with Gasteiger partial charge in [-0.3, -0.25) is 0 Å². The Bertz CT molecular complexity index is 6800. The van der Waals surface area contributed by atoms with Crippen LogP contribution in [0.3, 0.4) is 0 Å². The third-order valence-corrected chi connectivity index (χ3v) is 24.9. The molecule has 0 atom stereocenters. The summed E-state index contributed by atoms with van der Waals surface area (Å²) in [7, 11) is 0. The maximum absolute atomic E-state index is 13.7. The van der Waals surface area contributed by atoms with E-state index in [0.29, 0.717) is 38.3 Å². The number of ketones is 2. The third kappa shape index (κ3) is 18.2. The van der Waals surface area contributed by atoms with E-state index in [2.05, 4.69) is 157 Å². The molecule has 0 radical (unpaired) electrons. The van der Waals surface area contributed by atoms with Gasteiger partial charge in [-0.15, -0.1) is 34.0 Å². The van der Waals surface area contributed by atoms with Gasteiger partial charge in [-0.1, -0.05) is 91.0 Å². The van der Waals surface area contributed by atoms with Crippen LogP contribution in [0, 0.1) is 183 Å². The summed E-state index contributed by atoms with van der Waals surface area (Å²) in [5, 5.41) is 82.4. The van der Waals surface area contributed by atoms with Crippen LogP contribution < -0.4 is 33.7 Å². The molecule has 3 heterocycles. The summed E-state index contributed by atoms with van der Waals surface area (Å²) in [6.07, 6.45) is 8.27. The topological polar surface area (TPSA) is 287 Å². The summed E-state index contributed by atoms with van der Waals surface area (Å²) in [5.74, 6) is 0.347. The molecular weight excluding hydrogens is 1640 g/mol. The van der Waals surface area contributed by atoms with Crippen molar-refractivity contribution in [2.24, 2.45) is 21.7 Å². The predicted octanol–water partition coefficient (Wildman–Crippen LogP) is 15.7. The van der Waals surface area contributed by atoms with Crippen LogP contribution in [0.25, 0.3) is 122 Å². The van der Waals surface area contributed by atoms with Crippen molar-refractivity contribution >= 4 is 145 Å². The van der Waals surface area contributed by atoms with E-state index in [1.165, 1.54) is 3.23 Å². The number of carbonyl (C=O) groups excluding carboxylic acids is 2. The van der Waals surface area contributed by atoms with Gasteiger partial charge in [0, 0.05) is 15.7 Å². The van der Waals surface area contributed by atoms with Crippen LogP contribution in [-0.4, -0.2) is 32.0 Å². The molecule has 0 aliphatic heterocycles. The Morgan fingerprint density at radius 1 is 0.339 bits per heavy atom. The Kier molecular flexibility index (Phi) is 27.3. The second-order valence-electron chi connectivity index (χ2n) is 29.6. The average Bonchev–Trinajstić information content (AvgIpc) is 1.55. The molecule has 20 nitrogen and oxygen atoms in total. The number of allylic oxidation sites excluding steroid dienone is 18. The number of Topliss-reactive ketones (excluding diaryl/α,β-unsaturated/α-hetero) is 2. The number of hydrogen-bond donors (Lipinski definition) is 0. The minimum atomic E-state index is -0.965. The molecule has 24 heteroatoms. The molecule has 0 N–H and O–H groups in total. The average molecular weight is 1700 g/mol. The molecule has 118 heavy (non-hydrogen) atoms. The zero-order valence-electron chi connectivity index (χ0n) is 65.2. The van der Waals surface area contributed by atoms with Crippen molar-refractivity contribution in [1.82, 2.24) is 0 Å². The summed E-state index contributed by atoms with van der Waals surface area (Å²) < 4.78 is 4.11. The van der Waals surface area contributed by atoms with Crippen molar-refractivity contribution in [1.29, 1.82) is 47.4 Å². The maximum atomic E-state index is 13.7. The molecule has 5 aliphatic rings. The summed E-state index contributed by atoms with van der Waals surface area (Å²) in [4.78, 5) is 56.7. The van der Waals surface area contributed by atoms with E-state index in [0.717, 1.165) is 132 Å². The molecule has 0 amide bonds. The van der Waals surface area contributed by atoms with Gasteiger partial charge in [0.1, 0.15) is 17.7 Å². The molecule has 5 aliphatic carbocycles. The van der Waals surface area contributed by atoms with E-state index < -0.39 is 20.4 Å². The van der Waals surface area contributed by atoms with Gasteiger partial charge < -0.3 is 0 Å². The first-order chi connectivity index (χ1) is 56.1. The zero-order chi connectivity index (χ0) is 87.1. The Morgan fingerprint density at radius 3 is 0.975 bits per heavy atom. The minimum absolute atomic E-state index is 0.00600. The number of rotatable bonds is 0. The van der Waals surface area contributed by atoms with Gasteiger partial charge >= 0.3 is 268 Å². The summed E-state index contributed by atoms with van der Waals surface area (Å²) in [6.45, 7) is 88.7. The molecule has 1 fully saturated rings. The van der Waals surface area contributed by atoms with Gasteiger partial charge in [-0.2, -0.15) is 10.5 Å². The number of hydrogen-bond acceptors (Lipinski definition) is 14. The van der Waals surface area contributed by atoms with Gasteiger partial charge in [0.05, 0.1) is 101 Å². The van der Waals surface area contributed by atoms with Crippen LogP contribution in [-0.2, 0) is 9.59 Å². The van der Waals surface area contributed by atoms with E-state index in [1.54, 1.807) is 78.9 Å². The fourth-order valence-corrected chi connectivity index (χ4v) is 18.1. The SMILES string of the molecule is [C-]#[N+]/C(C#N)=c1/ccc2c/c(=C(\C#N)[N+]#[C-])ccc2c1.[C-]#[N+]/C(C#N)=c1\ccc(=C(C#N)C#N)s1.[C-]#[N+]C(C#N)=c1sc(=C(C#N)[N+]#[C-])s1.[C-]#[N+]C([N+]#[C-])=c1ccc(=C2C(=C3C=C(C(C)(C)C)C(=O)C(C(C)(C)C)=C3)C2=C2C=C(C(C)(C)C)C(=O)C(C(C)(C)C)=C2)[te]1.[C-]#[N+]\C(C#N)=C1/C2=C(\C(=C(/C#N)[N+]#[C-])c3ccccc32)c2ccccc21. The van der Waals surface area contributed by atoms with Crippen LogP contribution in [0.5, 0.6) is 0 Å². The fourth-order valence-electron chi connectivity index (χ4n) is 12.5. The van der Waals surface area contributed by atoms with Gasteiger partial charge in [0.2, 0.25) is 0 Å². The fraction of sp³-hybridized carbons (Fsp3) is 0.170. The zero-order valence-corrected chi connectivity index (χ0v) is 70.0. The van der Waals surface area contributed by atoms with Gasteiger partial charge in [0.25, 0.3) is 39.9 Å². The number of nitriles is 9. The maximum Gasteiger partial charge on any atom is 0.270 e. The Labute approximate surface area is 703 Å². The molecule has 1 saturated carbocycles. The molecule has 560 valence electrons. The van der Waals surface area contributed by atoms with Crippen molar-refractivity contribution in [3.05, 3.63) is 348 Å². The molecule has 0 unspecified atom stereocenters. The number of fused-ring (bicyclic) bond motifs is 5. The van der Waals surface area contributed by atoms with Crippen LogP contribution >= 0.6 is 34.0 Å². The van der Waals surface area contributed by atoms with E-state index in [4.69, 9.17) is 96.0 Å². The smallest absolute Gasteiger partial charge is 0.226 e. The first-order valence-corrected chi connectivity index (χ1v) is 39.6. The largest absolute Gasteiger partial charge is 0.270 e. The van der Waals surface area contributed by atoms with E-state index in [9.17, 15) is 20.1 Å². The van der Waals surface area contributed by atoms with Crippen molar-refractivity contribution in [3.63, 3.8) is 0 Å². The van der Waals surface area contributed by atoms with Crippen LogP contribution in [0.4, 0.5) is 0 Å². The van der Waals surface area contributed by atoms with Crippen LogP contribution in [0.1, 0.15) is 105 Å². The first-order valence-electron chi connectivity index (χ1n) is 34.8. The molecule has 7 aromatic rings. The van der Waals surface area contributed by atoms with Crippen molar-refractivity contribution in [2.45, 2.75) is 83.1 Å². The number of carbonyl (C=O) groups is 2. The summed E-state index contributed by atoms with van der Waals surface area (Å²) in [5.41, 5.74) is 13.3. The number of nitrogens with zero attached hydrogens (tertiary/aromatic N) is 18. The van der Waals surface area contributed by atoms with Crippen molar-refractivity contribution < 1.29 is 9.59 Å². The first kappa shape index (κ1) is 87.6. The van der Waals surface area contributed by atoms with Crippen molar-refractivity contribution in [2.75, 3.05) is 0 Å². The molecule has 0 saturated heterocycles. The molecule has 3 aromatic heterocycles. The normalized spacial score (nSPS) is 14.7. The van der Waals surface area contributed by atoms with E-state index >= 15 is 0 Å². The van der Waals surface area contributed by atoms with E-state index in [1.807, 2.05) is 78.9 Å². The molecule has 0 spiro atoms. The summed E-state index contributed by atoms with van der Waals surface area (Å²) in [6, 6.07) is 49.0. The van der Waals surface area contributed by atoms with Gasteiger partial charge in [-0.05, 0) is 60.7 Å². The standard InChI is InChI=1S/C38H42N2O2Te.C22H8N4.C16H6N4.C10H2N4S.C8N4S2/c1-35(2,3)23-17-21(18-24(32(23)41)36(4,5)6)29-30(31(29)27-15-16-28(43-27)34(39-13)40-14)22-19-25(37(7,8)9)33(42)26(20-22)38(10,11)12;1-25-17(11-23)19-13-7-3-5-9-15(13)22-20(18(12-24)26-2)14-8-4-6-10-16(14)21(19)22;1-19-15(9-17)13-5-3-12-8-14(16(10-18)20-2)6-4-11(12)7-13;1-14-8(6-13)10-3-2-9(15-10)7(4-11)5-12;1-11-5(3-9)7-13-8(14-7)6(4-10)12-2/h15-20H,1-12H3;3-10H;3-8H;2-3H;/b;19-17-,20-18+;15-13-,16-14+;10-8+;. The van der Waals surface area contributed by atoms with Crippen molar-refractivity contribution in [3.8, 4) is 54.6 Å². The van der Waals surface area contributed by atoms with Gasteiger partial charge in [-0.25, -0.2) is 70.7 Å². The molecular formula is C94H58N18O2S3Te. The Balaban J connectivity index is 0.000000198. The molecule has 12 rings (SSSR count). The monoisotopic (exact) mass is 1700 g/mol. The van der Waals surface area contributed by atoms with Gasteiger partial charge in [0.15, 0.2) is 0 Å². The van der Waals surface area contributed by atoms with Crippen LogP contribution in [0.2, 0.25) is 0 Å². The molecule has 4 aromatic carbocycles. The third-order valence-electron chi connectivity index (χ3n) is 18.1. The van der Waals surface area contributed by atoms with Crippen LogP contribution in [0.15, 0.2) is 189 Å². The number of thiophene rings is 1. The second-order valence-corrected chi connectivity index (χ2v) is 36.3. The quantitative estimate of drug-likeness (QED) is 0.0781. The second kappa shape index (κ2) is 36.7. The summed E-state index contributed by atoms with van der Waals surface area (Å²) >= 11 is 2.40. The number of benzene rings is 4. The van der Waals surface area contributed by atoms with E-state index in [-0.39, 0.29) is 84.5 Å². The Hall–Kier alpha value is -15.9. The Morgan fingerprint density at radius 2 is 0.669 bits per heavy atom. The molecule has 0 bridgehead atoms. The minimum Gasteiger partial charge on any atom is -0.226 e.